The van der Waals surface area contributed by atoms with Crippen molar-refractivity contribution in [3.8, 4) is 0 Å². The van der Waals surface area contributed by atoms with Crippen LogP contribution in [0.1, 0.15) is 88.9 Å². The van der Waals surface area contributed by atoms with Crippen LogP contribution in [0.5, 0.6) is 0 Å². The molecule has 8 nitrogen and oxygen atoms in total. The van der Waals surface area contributed by atoms with Crippen molar-refractivity contribution >= 4 is 17.5 Å². The summed E-state index contributed by atoms with van der Waals surface area (Å²) in [5.74, 6) is 2.33. The van der Waals surface area contributed by atoms with Crippen molar-refractivity contribution in [1.82, 2.24) is 19.9 Å². The number of carbonyl (C=O) groups is 2. The van der Waals surface area contributed by atoms with Crippen LogP contribution in [0, 0.1) is 5.92 Å². The predicted molar refractivity (Wildman–Crippen MR) is 142 cm³/mol. The van der Waals surface area contributed by atoms with Crippen LogP contribution in [-0.4, -0.2) is 63.5 Å². The monoisotopic (exact) mass is 507 g/mol. The first-order valence-corrected chi connectivity index (χ1v) is 14.1. The highest BCUT2D eigenvalue weighted by atomic mass is 16.5. The largest absolute Gasteiger partial charge is 0.339 e. The Morgan fingerprint density at radius 3 is 2.59 bits per heavy atom. The molecule has 2 atom stereocenters. The molecule has 2 unspecified atom stereocenters. The average Bonchev–Trinajstić information content (AvgIpc) is 3.56. The van der Waals surface area contributed by atoms with Gasteiger partial charge in [0.05, 0.1) is 0 Å². The highest BCUT2D eigenvalue weighted by Gasteiger charge is 2.37. The van der Waals surface area contributed by atoms with Gasteiger partial charge in [-0.1, -0.05) is 43.6 Å². The Labute approximate surface area is 220 Å². The Hall–Kier alpha value is -2.74. The molecule has 1 aromatic carbocycles. The zero-order chi connectivity index (χ0) is 25.9. The van der Waals surface area contributed by atoms with Crippen LogP contribution in [0.25, 0.3) is 0 Å². The number of fused-ring (bicyclic) bond motifs is 3. The molecular weight excluding hydrogens is 466 g/mol. The Bertz CT molecular complexity index is 1090. The van der Waals surface area contributed by atoms with Gasteiger partial charge in [-0.3, -0.25) is 14.5 Å². The molecule has 3 aliphatic rings. The average molecular weight is 508 g/mol. The first-order chi connectivity index (χ1) is 17.9. The number of aryl methyl sites for hydroxylation is 1. The van der Waals surface area contributed by atoms with Gasteiger partial charge < -0.3 is 14.3 Å². The van der Waals surface area contributed by atoms with Crippen LogP contribution in [-0.2, 0) is 22.6 Å². The van der Waals surface area contributed by atoms with Crippen molar-refractivity contribution in [1.29, 1.82) is 0 Å². The van der Waals surface area contributed by atoms with E-state index in [1.165, 1.54) is 25.7 Å². The summed E-state index contributed by atoms with van der Waals surface area (Å²) in [4.78, 5) is 37.6. The highest BCUT2D eigenvalue weighted by molar-refractivity contribution is 5.92. The zero-order valence-corrected chi connectivity index (χ0v) is 22.6. The molecule has 2 aliphatic heterocycles. The van der Waals surface area contributed by atoms with E-state index < -0.39 is 0 Å². The van der Waals surface area contributed by atoms with E-state index in [9.17, 15) is 9.59 Å². The van der Waals surface area contributed by atoms with Gasteiger partial charge in [0.15, 0.2) is 5.82 Å². The van der Waals surface area contributed by atoms with Crippen molar-refractivity contribution in [2.45, 2.75) is 96.7 Å². The maximum atomic E-state index is 13.7. The van der Waals surface area contributed by atoms with Crippen LogP contribution in [0.2, 0.25) is 0 Å². The lowest BCUT2D eigenvalue weighted by molar-refractivity contribution is -0.133. The van der Waals surface area contributed by atoms with Gasteiger partial charge in [-0.25, -0.2) is 0 Å². The molecular formula is C29H41N5O3. The van der Waals surface area contributed by atoms with Crippen molar-refractivity contribution in [2.75, 3.05) is 24.5 Å². The van der Waals surface area contributed by atoms with E-state index in [4.69, 9.17) is 4.52 Å². The number of rotatable bonds is 6. The summed E-state index contributed by atoms with van der Waals surface area (Å²) in [6.07, 6.45) is 7.82. The minimum Gasteiger partial charge on any atom is -0.339 e. The zero-order valence-electron chi connectivity index (χ0n) is 22.6. The lowest BCUT2D eigenvalue weighted by Gasteiger charge is -2.44. The number of hydrogen-bond donors (Lipinski definition) is 0. The molecule has 2 aromatic rings. The van der Waals surface area contributed by atoms with Gasteiger partial charge in [-0.15, -0.1) is 0 Å². The van der Waals surface area contributed by atoms with Crippen LogP contribution < -0.4 is 4.90 Å². The maximum absolute atomic E-state index is 13.7. The molecule has 5 rings (SSSR count). The summed E-state index contributed by atoms with van der Waals surface area (Å²) >= 11 is 0. The molecule has 1 saturated carbocycles. The van der Waals surface area contributed by atoms with Gasteiger partial charge in [0.2, 0.25) is 17.7 Å². The standard InChI is InChI=1S/C29H41N5O3/c1-20(2)29-30-27(37-31-29)13-14-28(36)32-18-23-7-4-5-10-26(23)33(21(3)35)16-15-24-8-6-9-25(19-32)34(24)17-22-11-12-22/h4-5,7,10,20,22,24-25H,6,8-9,11-19H2,1-3H3. The van der Waals surface area contributed by atoms with Crippen molar-refractivity contribution in [3.63, 3.8) is 0 Å². The Kier molecular flexibility index (Phi) is 7.93. The van der Waals surface area contributed by atoms with Gasteiger partial charge in [0.1, 0.15) is 0 Å². The smallest absolute Gasteiger partial charge is 0.227 e. The fourth-order valence-corrected chi connectivity index (χ4v) is 5.95. The number of aromatic nitrogens is 2. The quantitative estimate of drug-likeness (QED) is 0.571. The number of carbonyl (C=O) groups excluding carboxylic acids is 2. The molecule has 8 heteroatoms. The minimum absolute atomic E-state index is 0.0584. The number of para-hydroxylation sites is 1. The normalized spacial score (nSPS) is 23.0. The van der Waals surface area contributed by atoms with Gasteiger partial charge in [-0.05, 0) is 49.7 Å². The number of nitrogens with zero attached hydrogens (tertiary/aromatic N) is 5. The molecule has 200 valence electrons. The second-order valence-corrected chi connectivity index (χ2v) is 11.4. The third-order valence-corrected chi connectivity index (χ3v) is 8.23. The van der Waals surface area contributed by atoms with Crippen LogP contribution >= 0.6 is 0 Å². The van der Waals surface area contributed by atoms with E-state index >= 15 is 0 Å². The lowest BCUT2D eigenvalue weighted by atomic mass is 9.92. The third kappa shape index (κ3) is 6.22. The van der Waals surface area contributed by atoms with Crippen molar-refractivity contribution in [3.05, 3.63) is 41.5 Å². The van der Waals surface area contributed by atoms with Gasteiger partial charge in [0.25, 0.3) is 0 Å². The van der Waals surface area contributed by atoms with Crippen LogP contribution in [0.15, 0.2) is 28.8 Å². The first-order valence-electron chi connectivity index (χ1n) is 14.1. The molecule has 0 spiro atoms. The van der Waals surface area contributed by atoms with E-state index in [2.05, 4.69) is 21.1 Å². The molecule has 1 aliphatic carbocycles. The molecule has 37 heavy (non-hydrogen) atoms. The molecule has 2 bridgehead atoms. The van der Waals surface area contributed by atoms with E-state index in [1.807, 2.05) is 41.8 Å². The number of piperidine rings is 1. The lowest BCUT2D eigenvalue weighted by Crippen LogP contribution is -2.53. The number of hydrogen-bond acceptors (Lipinski definition) is 6. The number of amides is 2. The Morgan fingerprint density at radius 1 is 1.08 bits per heavy atom. The summed E-state index contributed by atoms with van der Waals surface area (Å²) in [5.41, 5.74) is 1.95. The van der Waals surface area contributed by atoms with E-state index in [-0.39, 0.29) is 17.7 Å². The predicted octanol–water partition coefficient (Wildman–Crippen LogP) is 4.54. The Morgan fingerprint density at radius 2 is 1.86 bits per heavy atom. The molecule has 2 fully saturated rings. The van der Waals surface area contributed by atoms with Crippen LogP contribution in [0.3, 0.4) is 0 Å². The van der Waals surface area contributed by atoms with Crippen molar-refractivity contribution < 1.29 is 14.1 Å². The Balaban J connectivity index is 1.42. The molecule has 0 radical (unpaired) electrons. The summed E-state index contributed by atoms with van der Waals surface area (Å²) < 4.78 is 5.41. The fraction of sp³-hybridized carbons (Fsp3) is 0.655. The summed E-state index contributed by atoms with van der Waals surface area (Å²) in [5, 5.41) is 4.05. The summed E-state index contributed by atoms with van der Waals surface area (Å²) in [6.45, 7) is 8.76. The van der Waals surface area contributed by atoms with E-state index in [0.29, 0.717) is 49.7 Å². The summed E-state index contributed by atoms with van der Waals surface area (Å²) in [6, 6.07) is 8.89. The van der Waals surface area contributed by atoms with Gasteiger partial charge in [-0.2, -0.15) is 4.98 Å². The molecule has 3 heterocycles. The topological polar surface area (TPSA) is 82.8 Å². The van der Waals surface area contributed by atoms with Gasteiger partial charge in [0, 0.05) is 69.6 Å². The number of benzene rings is 1. The van der Waals surface area contributed by atoms with Crippen molar-refractivity contribution in [2.24, 2.45) is 5.92 Å². The SMILES string of the molecule is CC(=O)N1CCC2CCCC(CN(C(=O)CCc3nc(C(C)C)no3)Cc3ccccc31)N2CC1CC1. The minimum atomic E-state index is 0.0584. The second kappa shape index (κ2) is 11.3. The van der Waals surface area contributed by atoms with Crippen LogP contribution in [0.4, 0.5) is 5.69 Å². The second-order valence-electron chi connectivity index (χ2n) is 11.4. The fourth-order valence-electron chi connectivity index (χ4n) is 5.95. The molecule has 2 amide bonds. The number of anilines is 1. The molecule has 0 N–H and O–H groups in total. The maximum Gasteiger partial charge on any atom is 0.227 e. The molecule has 1 aromatic heterocycles. The molecule has 1 saturated heterocycles. The van der Waals surface area contributed by atoms with E-state index in [0.717, 1.165) is 43.1 Å². The first kappa shape index (κ1) is 25.9. The third-order valence-electron chi connectivity index (χ3n) is 8.23. The summed E-state index contributed by atoms with van der Waals surface area (Å²) in [7, 11) is 0. The highest BCUT2D eigenvalue weighted by Crippen LogP contribution is 2.36. The van der Waals surface area contributed by atoms with Gasteiger partial charge >= 0.3 is 0 Å². The van der Waals surface area contributed by atoms with E-state index in [1.54, 1.807) is 6.92 Å².